The third-order valence-corrected chi connectivity index (χ3v) is 6.52. The summed E-state index contributed by atoms with van der Waals surface area (Å²) in [4.78, 5) is 40.9. The molecule has 6 nitrogen and oxygen atoms in total. The molecule has 0 saturated carbocycles. The van der Waals surface area contributed by atoms with Gasteiger partial charge in [-0.25, -0.2) is 0 Å². The highest BCUT2D eigenvalue weighted by Gasteiger charge is 2.43. The number of fused-ring (bicyclic) bond motifs is 2. The highest BCUT2D eigenvalue weighted by Crippen LogP contribution is 2.42. The summed E-state index contributed by atoms with van der Waals surface area (Å²) in [6.45, 7) is 7.76. The van der Waals surface area contributed by atoms with Crippen molar-refractivity contribution < 1.29 is 18.7 Å². The number of amides is 1. The summed E-state index contributed by atoms with van der Waals surface area (Å²) >= 11 is 0. The molecule has 0 fully saturated rings. The first-order chi connectivity index (χ1) is 16.8. The number of Topliss-reactive ketones (excluding diaryl/α,β-unsaturated/α-hetero) is 1. The molecule has 1 aliphatic rings. The van der Waals surface area contributed by atoms with E-state index >= 15 is 0 Å². The van der Waals surface area contributed by atoms with E-state index in [9.17, 15) is 14.4 Å². The fourth-order valence-corrected chi connectivity index (χ4v) is 4.61. The van der Waals surface area contributed by atoms with E-state index in [4.69, 9.17) is 9.15 Å². The van der Waals surface area contributed by atoms with Crippen LogP contribution < -0.4 is 15.1 Å². The van der Waals surface area contributed by atoms with Gasteiger partial charge in [-0.1, -0.05) is 12.1 Å². The number of nitrogens with zero attached hydrogens (tertiary/aromatic N) is 1. The summed E-state index contributed by atoms with van der Waals surface area (Å²) in [7, 11) is 0. The molecule has 6 heteroatoms. The second kappa shape index (κ2) is 8.55. The van der Waals surface area contributed by atoms with Crippen LogP contribution in [0.1, 0.15) is 63.1 Å². The summed E-state index contributed by atoms with van der Waals surface area (Å²) < 4.78 is 11.8. The van der Waals surface area contributed by atoms with Crippen LogP contribution in [0, 0.1) is 13.8 Å². The summed E-state index contributed by atoms with van der Waals surface area (Å²) in [5, 5.41) is 0.444. The lowest BCUT2D eigenvalue weighted by Crippen LogP contribution is -2.29. The lowest BCUT2D eigenvalue weighted by molar-refractivity contribution is 0.0970. The summed E-state index contributed by atoms with van der Waals surface area (Å²) in [6.07, 6.45) is 0. The molecular formula is C29H25NO5. The van der Waals surface area contributed by atoms with Gasteiger partial charge in [0.25, 0.3) is 5.91 Å². The predicted molar refractivity (Wildman–Crippen MR) is 135 cm³/mol. The van der Waals surface area contributed by atoms with Gasteiger partial charge < -0.3 is 9.15 Å². The third-order valence-electron chi connectivity index (χ3n) is 6.52. The van der Waals surface area contributed by atoms with Crippen LogP contribution in [0.2, 0.25) is 0 Å². The maximum atomic E-state index is 13.8. The van der Waals surface area contributed by atoms with Gasteiger partial charge >= 0.3 is 0 Å². The lowest BCUT2D eigenvalue weighted by atomic mass is 9.97. The van der Waals surface area contributed by atoms with Gasteiger partial charge in [0.1, 0.15) is 11.3 Å². The molecule has 1 aliphatic heterocycles. The van der Waals surface area contributed by atoms with E-state index in [1.165, 1.54) is 6.92 Å². The summed E-state index contributed by atoms with van der Waals surface area (Å²) in [5.41, 5.74) is 4.24. The van der Waals surface area contributed by atoms with E-state index in [1.807, 2.05) is 51.1 Å². The normalized spacial score (nSPS) is 14.9. The zero-order chi connectivity index (χ0) is 24.9. The second-order valence-corrected chi connectivity index (χ2v) is 8.79. The Bertz CT molecular complexity index is 1550. The highest BCUT2D eigenvalue weighted by molar-refractivity contribution is 6.11. The first kappa shape index (κ1) is 22.6. The SMILES string of the molecule is CCOc1cccc(C2c3c(oc4cc(C)c(C)cc4c3=O)C(=O)N2c2ccc(C(C)=O)cc2)c1. The van der Waals surface area contributed by atoms with Crippen molar-refractivity contribution in [1.82, 2.24) is 0 Å². The molecule has 0 aliphatic carbocycles. The van der Waals surface area contributed by atoms with Gasteiger partial charge in [0.2, 0.25) is 5.76 Å². The molecule has 1 atom stereocenters. The number of aryl methyl sites for hydroxylation is 2. The molecule has 3 aromatic carbocycles. The Hall–Kier alpha value is -4.19. The van der Waals surface area contributed by atoms with Crippen molar-refractivity contribution >= 4 is 28.3 Å². The summed E-state index contributed by atoms with van der Waals surface area (Å²) in [5.74, 6) is 0.213. The fourth-order valence-electron chi connectivity index (χ4n) is 4.61. The number of hydrogen-bond donors (Lipinski definition) is 0. The molecule has 176 valence electrons. The largest absolute Gasteiger partial charge is 0.494 e. The van der Waals surface area contributed by atoms with Crippen molar-refractivity contribution in [3.05, 3.63) is 104 Å². The average Bonchev–Trinajstić information content (AvgIpc) is 3.13. The Morgan fingerprint density at radius 2 is 1.71 bits per heavy atom. The van der Waals surface area contributed by atoms with E-state index in [-0.39, 0.29) is 17.0 Å². The van der Waals surface area contributed by atoms with E-state index in [0.717, 1.165) is 16.7 Å². The van der Waals surface area contributed by atoms with Crippen molar-refractivity contribution in [3.63, 3.8) is 0 Å². The molecule has 2 heterocycles. The number of ether oxygens (including phenoxy) is 1. The fraction of sp³-hybridized carbons (Fsp3) is 0.207. The van der Waals surface area contributed by atoms with Crippen molar-refractivity contribution in [2.45, 2.75) is 33.7 Å². The molecule has 0 saturated heterocycles. The molecule has 1 aromatic heterocycles. The lowest BCUT2D eigenvalue weighted by Gasteiger charge is -2.25. The second-order valence-electron chi connectivity index (χ2n) is 8.79. The molecule has 0 radical (unpaired) electrons. The Labute approximate surface area is 202 Å². The van der Waals surface area contributed by atoms with E-state index in [2.05, 4.69) is 0 Å². The number of anilines is 1. The van der Waals surface area contributed by atoms with E-state index in [0.29, 0.717) is 40.1 Å². The van der Waals surface area contributed by atoms with Gasteiger partial charge in [0.15, 0.2) is 11.2 Å². The number of carbonyl (C=O) groups is 2. The van der Waals surface area contributed by atoms with Crippen LogP contribution in [0.3, 0.4) is 0 Å². The van der Waals surface area contributed by atoms with Crippen LogP contribution in [-0.4, -0.2) is 18.3 Å². The highest BCUT2D eigenvalue weighted by atomic mass is 16.5. The monoisotopic (exact) mass is 467 g/mol. The predicted octanol–water partition coefficient (Wildman–Crippen LogP) is 5.76. The number of carbonyl (C=O) groups excluding carboxylic acids is 2. The number of hydrogen-bond acceptors (Lipinski definition) is 5. The Kier molecular flexibility index (Phi) is 5.52. The number of benzene rings is 3. The maximum Gasteiger partial charge on any atom is 0.295 e. The van der Waals surface area contributed by atoms with Gasteiger partial charge in [0.05, 0.1) is 23.6 Å². The molecule has 4 aromatic rings. The molecular weight excluding hydrogens is 442 g/mol. The van der Waals surface area contributed by atoms with Gasteiger partial charge in [-0.3, -0.25) is 19.3 Å². The molecule has 1 unspecified atom stereocenters. The topological polar surface area (TPSA) is 76.8 Å². The molecule has 0 bridgehead atoms. The Morgan fingerprint density at radius 3 is 2.40 bits per heavy atom. The minimum absolute atomic E-state index is 0.0354. The Balaban J connectivity index is 1.77. The maximum absolute atomic E-state index is 13.8. The minimum atomic E-state index is -0.705. The average molecular weight is 468 g/mol. The minimum Gasteiger partial charge on any atom is -0.494 e. The number of rotatable bonds is 5. The Morgan fingerprint density at radius 1 is 1.00 bits per heavy atom. The molecule has 35 heavy (non-hydrogen) atoms. The van der Waals surface area contributed by atoms with Crippen LogP contribution in [0.15, 0.2) is 69.9 Å². The van der Waals surface area contributed by atoms with Crippen LogP contribution in [0.4, 0.5) is 5.69 Å². The van der Waals surface area contributed by atoms with E-state index in [1.54, 1.807) is 35.2 Å². The van der Waals surface area contributed by atoms with Gasteiger partial charge in [-0.05, 0) is 92.9 Å². The first-order valence-electron chi connectivity index (χ1n) is 11.6. The molecule has 5 rings (SSSR count). The first-order valence-corrected chi connectivity index (χ1v) is 11.6. The van der Waals surface area contributed by atoms with Crippen LogP contribution in [-0.2, 0) is 0 Å². The van der Waals surface area contributed by atoms with Gasteiger partial charge in [-0.2, -0.15) is 0 Å². The van der Waals surface area contributed by atoms with E-state index < -0.39 is 11.9 Å². The molecule has 1 amide bonds. The van der Waals surface area contributed by atoms with Crippen molar-refractivity contribution in [2.75, 3.05) is 11.5 Å². The quantitative estimate of drug-likeness (QED) is 0.349. The summed E-state index contributed by atoms with van der Waals surface area (Å²) in [6, 6.07) is 17.1. The van der Waals surface area contributed by atoms with Crippen LogP contribution in [0.25, 0.3) is 11.0 Å². The third kappa shape index (κ3) is 3.71. The zero-order valence-corrected chi connectivity index (χ0v) is 20.0. The zero-order valence-electron chi connectivity index (χ0n) is 20.0. The molecule has 0 spiro atoms. The van der Waals surface area contributed by atoms with Crippen molar-refractivity contribution in [1.29, 1.82) is 0 Å². The van der Waals surface area contributed by atoms with Crippen molar-refractivity contribution in [3.8, 4) is 5.75 Å². The molecule has 0 N–H and O–H groups in total. The van der Waals surface area contributed by atoms with Crippen LogP contribution in [0.5, 0.6) is 5.75 Å². The van der Waals surface area contributed by atoms with Crippen molar-refractivity contribution in [2.24, 2.45) is 0 Å². The van der Waals surface area contributed by atoms with Crippen LogP contribution >= 0.6 is 0 Å². The van der Waals surface area contributed by atoms with Gasteiger partial charge in [-0.15, -0.1) is 0 Å². The smallest absolute Gasteiger partial charge is 0.295 e. The number of ketones is 1. The van der Waals surface area contributed by atoms with Gasteiger partial charge in [0, 0.05) is 11.3 Å². The standard InChI is InChI=1S/C29H25NO5/c1-5-34-22-8-6-7-20(15-22)26-25-27(32)23-13-16(2)17(3)14-24(23)35-28(25)29(33)30(26)21-11-9-19(10-12-21)18(4)31/h6-15,26H,5H2,1-4H3.